The van der Waals surface area contributed by atoms with Gasteiger partial charge in [0.2, 0.25) is 0 Å². The van der Waals surface area contributed by atoms with E-state index in [4.69, 9.17) is 4.74 Å². The van der Waals surface area contributed by atoms with Gasteiger partial charge < -0.3 is 9.64 Å². The van der Waals surface area contributed by atoms with E-state index in [2.05, 4.69) is 54.3 Å². The van der Waals surface area contributed by atoms with E-state index in [0.717, 1.165) is 43.4 Å². The van der Waals surface area contributed by atoms with Gasteiger partial charge in [-0.05, 0) is 73.2 Å². The van der Waals surface area contributed by atoms with Gasteiger partial charge in [-0.3, -0.25) is 4.79 Å². The summed E-state index contributed by atoms with van der Waals surface area (Å²) in [5, 5.41) is 0. The van der Waals surface area contributed by atoms with E-state index in [1.807, 2.05) is 30.3 Å². The van der Waals surface area contributed by atoms with Gasteiger partial charge in [0.25, 0.3) is 0 Å². The van der Waals surface area contributed by atoms with Gasteiger partial charge in [0.05, 0.1) is 0 Å². The lowest BCUT2D eigenvalue weighted by molar-refractivity contribution is 0.112. The molecule has 1 heterocycles. The molecule has 148 valence electrons. The lowest BCUT2D eigenvalue weighted by Crippen LogP contribution is -2.38. The van der Waals surface area contributed by atoms with Crippen molar-refractivity contribution < 1.29 is 9.53 Å². The largest absolute Gasteiger partial charge is 0.489 e. The average Bonchev–Trinajstić information content (AvgIpc) is 2.78. The van der Waals surface area contributed by atoms with Crippen molar-refractivity contribution in [2.75, 3.05) is 11.4 Å². The van der Waals surface area contributed by atoms with E-state index in [0.29, 0.717) is 12.6 Å². The summed E-state index contributed by atoms with van der Waals surface area (Å²) in [6.07, 6.45) is 4.09. The molecule has 0 saturated carbocycles. The van der Waals surface area contributed by atoms with Crippen LogP contribution in [0.25, 0.3) is 0 Å². The Labute approximate surface area is 172 Å². The molecule has 3 heteroatoms. The average molecular weight is 386 g/mol. The Kier molecular flexibility index (Phi) is 5.95. The first-order valence-electron chi connectivity index (χ1n) is 10.3. The van der Waals surface area contributed by atoms with Crippen LogP contribution < -0.4 is 9.64 Å². The predicted molar refractivity (Wildman–Crippen MR) is 118 cm³/mol. The molecular weight excluding hydrogens is 358 g/mol. The Hall–Kier alpha value is -3.07. The normalized spacial score (nSPS) is 15.6. The number of rotatable bonds is 7. The predicted octanol–water partition coefficient (Wildman–Crippen LogP) is 5.46. The molecule has 0 fully saturated rings. The van der Waals surface area contributed by atoms with Crippen LogP contribution >= 0.6 is 0 Å². The van der Waals surface area contributed by atoms with Crippen molar-refractivity contribution in [2.45, 2.75) is 38.8 Å². The molecule has 0 aliphatic carbocycles. The van der Waals surface area contributed by atoms with Crippen molar-refractivity contribution in [2.24, 2.45) is 0 Å². The maximum atomic E-state index is 11.1. The van der Waals surface area contributed by atoms with Gasteiger partial charge in [-0.15, -0.1) is 0 Å². The highest BCUT2D eigenvalue weighted by Crippen LogP contribution is 2.31. The second kappa shape index (κ2) is 8.95. The van der Waals surface area contributed by atoms with Gasteiger partial charge in [0.1, 0.15) is 18.6 Å². The Balaban J connectivity index is 1.37. The lowest BCUT2D eigenvalue weighted by Gasteiger charge is -2.37. The lowest BCUT2D eigenvalue weighted by atomic mass is 9.94. The first-order valence-corrected chi connectivity index (χ1v) is 10.3. The minimum atomic E-state index is 0.512. The molecule has 0 spiro atoms. The maximum Gasteiger partial charge on any atom is 0.150 e. The van der Waals surface area contributed by atoms with Crippen LogP contribution in [0.1, 0.15) is 40.4 Å². The van der Waals surface area contributed by atoms with E-state index >= 15 is 0 Å². The van der Waals surface area contributed by atoms with Crippen LogP contribution in [0.2, 0.25) is 0 Å². The highest BCUT2D eigenvalue weighted by atomic mass is 16.5. The molecule has 0 bridgehead atoms. The minimum Gasteiger partial charge on any atom is -0.489 e. The van der Waals surface area contributed by atoms with Gasteiger partial charge in [-0.1, -0.05) is 42.5 Å². The third-order valence-corrected chi connectivity index (χ3v) is 5.73. The summed E-state index contributed by atoms with van der Waals surface area (Å²) in [4.78, 5) is 13.6. The Morgan fingerprint density at radius 2 is 1.79 bits per heavy atom. The zero-order valence-electron chi connectivity index (χ0n) is 16.9. The molecule has 1 aliphatic rings. The Bertz CT molecular complexity index is 950. The van der Waals surface area contributed by atoms with Crippen molar-refractivity contribution in [3.63, 3.8) is 0 Å². The molecule has 0 aromatic heterocycles. The highest BCUT2D eigenvalue weighted by molar-refractivity contribution is 5.77. The van der Waals surface area contributed by atoms with Gasteiger partial charge in [0, 0.05) is 23.8 Å². The quantitative estimate of drug-likeness (QED) is 0.506. The second-order valence-corrected chi connectivity index (χ2v) is 7.76. The molecule has 4 rings (SSSR count). The van der Waals surface area contributed by atoms with Crippen molar-refractivity contribution in [1.82, 2.24) is 0 Å². The molecule has 0 amide bonds. The third kappa shape index (κ3) is 4.68. The third-order valence-electron chi connectivity index (χ3n) is 5.73. The number of carbonyl (C=O) groups is 1. The monoisotopic (exact) mass is 385 g/mol. The van der Waals surface area contributed by atoms with Gasteiger partial charge >= 0.3 is 0 Å². The smallest absolute Gasteiger partial charge is 0.150 e. The number of aryl methyl sites for hydroxylation is 1. The summed E-state index contributed by atoms with van der Waals surface area (Å²) in [6.45, 7) is 3.85. The summed E-state index contributed by atoms with van der Waals surface area (Å²) in [5.41, 5.74) is 5.81. The molecule has 0 saturated heterocycles. The zero-order chi connectivity index (χ0) is 20.1. The standard InChI is InChI=1S/C26H27NO2/c1-20-7-11-24-17-23(18-28)10-14-26(24)27(20)16-15-21-8-12-25(13-9-21)29-19-22-5-3-2-4-6-22/h2-6,8-10,12-14,17-18,20H,7,11,15-16,19H2,1H3. The second-order valence-electron chi connectivity index (χ2n) is 7.76. The van der Waals surface area contributed by atoms with E-state index in [-0.39, 0.29) is 0 Å². The van der Waals surface area contributed by atoms with Crippen LogP contribution in [-0.4, -0.2) is 18.9 Å². The van der Waals surface area contributed by atoms with E-state index in [1.165, 1.54) is 22.4 Å². The fourth-order valence-corrected chi connectivity index (χ4v) is 4.00. The van der Waals surface area contributed by atoms with Crippen LogP contribution in [-0.2, 0) is 19.4 Å². The number of aldehydes is 1. The van der Waals surface area contributed by atoms with Gasteiger partial charge in [0.15, 0.2) is 0 Å². The number of anilines is 1. The highest BCUT2D eigenvalue weighted by Gasteiger charge is 2.22. The summed E-state index contributed by atoms with van der Waals surface area (Å²) in [5.74, 6) is 0.899. The number of hydrogen-bond acceptors (Lipinski definition) is 3. The zero-order valence-corrected chi connectivity index (χ0v) is 16.9. The number of ether oxygens (including phenoxy) is 1. The topological polar surface area (TPSA) is 29.5 Å². The van der Waals surface area contributed by atoms with E-state index in [9.17, 15) is 4.79 Å². The molecule has 1 atom stereocenters. The van der Waals surface area contributed by atoms with Gasteiger partial charge in [-0.2, -0.15) is 0 Å². The number of carbonyl (C=O) groups excluding carboxylic acids is 1. The summed E-state index contributed by atoms with van der Waals surface area (Å²) >= 11 is 0. The van der Waals surface area contributed by atoms with Crippen LogP contribution in [0.15, 0.2) is 72.8 Å². The Morgan fingerprint density at radius 1 is 1.00 bits per heavy atom. The van der Waals surface area contributed by atoms with Crippen molar-refractivity contribution in [3.05, 3.63) is 95.1 Å². The number of benzene rings is 3. The number of hydrogen-bond donors (Lipinski definition) is 0. The summed E-state index contributed by atoms with van der Waals surface area (Å²) in [7, 11) is 0. The Morgan fingerprint density at radius 3 is 2.55 bits per heavy atom. The molecule has 29 heavy (non-hydrogen) atoms. The fourth-order valence-electron chi connectivity index (χ4n) is 4.00. The molecule has 0 N–H and O–H groups in total. The molecule has 3 aromatic rings. The molecular formula is C26H27NO2. The molecule has 3 aromatic carbocycles. The van der Waals surface area contributed by atoms with E-state index < -0.39 is 0 Å². The minimum absolute atomic E-state index is 0.512. The van der Waals surface area contributed by atoms with Crippen LogP contribution in [0.4, 0.5) is 5.69 Å². The number of fused-ring (bicyclic) bond motifs is 1. The molecule has 0 radical (unpaired) electrons. The van der Waals surface area contributed by atoms with Crippen molar-refractivity contribution in [1.29, 1.82) is 0 Å². The molecule has 1 unspecified atom stereocenters. The molecule has 1 aliphatic heterocycles. The van der Waals surface area contributed by atoms with E-state index in [1.54, 1.807) is 0 Å². The maximum absolute atomic E-state index is 11.1. The van der Waals surface area contributed by atoms with Crippen molar-refractivity contribution in [3.8, 4) is 5.75 Å². The number of nitrogens with zero attached hydrogens (tertiary/aromatic N) is 1. The van der Waals surface area contributed by atoms with Crippen LogP contribution in [0.3, 0.4) is 0 Å². The van der Waals surface area contributed by atoms with Crippen LogP contribution in [0, 0.1) is 0 Å². The van der Waals surface area contributed by atoms with Crippen LogP contribution in [0.5, 0.6) is 5.75 Å². The molecule has 3 nitrogen and oxygen atoms in total. The summed E-state index contributed by atoms with van der Waals surface area (Å²) in [6, 6.07) is 25.2. The van der Waals surface area contributed by atoms with Gasteiger partial charge in [-0.25, -0.2) is 0 Å². The SMILES string of the molecule is CC1CCc2cc(C=O)ccc2N1CCc1ccc(OCc2ccccc2)cc1. The first-order chi connectivity index (χ1) is 14.2. The first kappa shape index (κ1) is 19.3. The summed E-state index contributed by atoms with van der Waals surface area (Å²) < 4.78 is 5.89. The fraction of sp³-hybridized carbons (Fsp3) is 0.269. The van der Waals surface area contributed by atoms with Crippen molar-refractivity contribution >= 4 is 12.0 Å².